The highest BCUT2D eigenvalue weighted by atomic mass is 32.2. The van der Waals surface area contributed by atoms with Crippen LogP contribution in [-0.4, -0.2) is 50.4 Å². The Morgan fingerprint density at radius 2 is 2.10 bits per heavy atom. The molecule has 0 unspecified atom stereocenters. The summed E-state index contributed by atoms with van der Waals surface area (Å²) in [4.78, 5) is 12.8. The molecule has 0 amide bonds. The zero-order valence-corrected chi connectivity index (χ0v) is 17.8. The van der Waals surface area contributed by atoms with Crippen molar-refractivity contribution in [2.75, 3.05) is 12.3 Å². The van der Waals surface area contributed by atoms with Crippen LogP contribution in [0.5, 0.6) is 0 Å². The van der Waals surface area contributed by atoms with Gasteiger partial charge in [-0.1, -0.05) is 6.07 Å². The number of hydrogen-bond acceptors (Lipinski definition) is 8. The number of benzene rings is 1. The molecule has 0 atom stereocenters. The van der Waals surface area contributed by atoms with Gasteiger partial charge in [-0.05, 0) is 55.7 Å². The fourth-order valence-corrected chi connectivity index (χ4v) is 6.40. The summed E-state index contributed by atoms with van der Waals surface area (Å²) >= 11 is 0. The Bertz CT molecular complexity index is 1250. The van der Waals surface area contributed by atoms with Crippen LogP contribution in [0.25, 0.3) is 17.1 Å². The molecule has 2 bridgehead atoms. The normalized spacial score (nSPS) is 24.8. The predicted molar refractivity (Wildman–Crippen MR) is 113 cm³/mol. The monoisotopic (exact) mass is 441 g/mol. The Balaban J connectivity index is 1.48. The second kappa shape index (κ2) is 6.81. The minimum Gasteiger partial charge on any atom is -0.396 e. The number of nitrogens with zero attached hydrogens (tertiary/aromatic N) is 5. The van der Waals surface area contributed by atoms with Crippen LogP contribution in [-0.2, 0) is 10.0 Å². The molecular weight excluding hydrogens is 418 g/mol. The Labute approximate surface area is 179 Å². The van der Waals surface area contributed by atoms with Crippen LogP contribution in [0.4, 0.5) is 5.82 Å². The van der Waals surface area contributed by atoms with Crippen molar-refractivity contribution in [3.8, 4) is 17.1 Å². The molecule has 162 valence electrons. The molecule has 3 aliphatic carbocycles. The zero-order valence-electron chi connectivity index (χ0n) is 17.0. The van der Waals surface area contributed by atoms with E-state index >= 15 is 0 Å². The van der Waals surface area contributed by atoms with Crippen molar-refractivity contribution in [1.29, 1.82) is 0 Å². The molecule has 6 rings (SSSR count). The van der Waals surface area contributed by atoms with Gasteiger partial charge in [-0.2, -0.15) is 9.78 Å². The molecule has 0 radical (unpaired) electrons. The minimum absolute atomic E-state index is 0.106. The zero-order chi connectivity index (χ0) is 21.9. The second-order valence-electron chi connectivity index (χ2n) is 8.68. The first-order chi connectivity index (χ1) is 14.7. The number of aliphatic hydroxyl groups excluding tert-OH is 1. The quantitative estimate of drug-likeness (QED) is 0.516. The molecule has 0 spiro atoms. The fourth-order valence-electron chi connectivity index (χ4n) is 4.95. The number of sulfonamides is 1. The molecule has 2 heterocycles. The maximum atomic E-state index is 13.2. The molecule has 2 aromatic heterocycles. The van der Waals surface area contributed by atoms with Crippen molar-refractivity contribution >= 4 is 15.8 Å². The van der Waals surface area contributed by atoms with E-state index in [1.165, 1.54) is 23.5 Å². The third-order valence-electron chi connectivity index (χ3n) is 6.46. The lowest BCUT2D eigenvalue weighted by Gasteiger charge is -2.46. The molecule has 0 aliphatic heterocycles. The molecule has 3 aromatic rings. The molecule has 3 fully saturated rings. The third-order valence-corrected chi connectivity index (χ3v) is 8.04. The van der Waals surface area contributed by atoms with Gasteiger partial charge in [0.15, 0.2) is 11.6 Å². The summed E-state index contributed by atoms with van der Waals surface area (Å²) < 4.78 is 30.6. The number of nitrogens with two attached hydrogens (primary N) is 1. The van der Waals surface area contributed by atoms with Crippen molar-refractivity contribution in [2.24, 2.45) is 5.41 Å². The lowest BCUT2D eigenvalue weighted by Crippen LogP contribution is -2.56. The van der Waals surface area contributed by atoms with Crippen LogP contribution in [0, 0.1) is 12.3 Å². The highest BCUT2D eigenvalue weighted by Gasteiger charge is 2.61. The average molecular weight is 442 g/mol. The first-order valence-electron chi connectivity index (χ1n) is 9.98. The number of rotatable bonds is 6. The Kier molecular flexibility index (Phi) is 4.40. The van der Waals surface area contributed by atoms with Gasteiger partial charge in [-0.3, -0.25) is 0 Å². The minimum atomic E-state index is -3.74. The lowest BCUT2D eigenvalue weighted by atomic mass is 9.66. The topological polar surface area (TPSA) is 149 Å². The fraction of sp³-hybridized carbons (Fsp3) is 0.400. The van der Waals surface area contributed by atoms with E-state index in [-0.39, 0.29) is 22.7 Å². The van der Waals surface area contributed by atoms with Gasteiger partial charge in [0.2, 0.25) is 10.0 Å². The summed E-state index contributed by atoms with van der Waals surface area (Å²) in [6, 6.07) is 4.95. The molecule has 11 heteroatoms. The van der Waals surface area contributed by atoms with Gasteiger partial charge in [0.25, 0.3) is 0 Å². The molecule has 4 N–H and O–H groups in total. The van der Waals surface area contributed by atoms with Crippen LogP contribution < -0.4 is 10.5 Å². The number of aliphatic hydroxyl groups is 1. The number of nitrogens with one attached hydrogen (secondary N) is 1. The number of aromatic nitrogens is 5. The Hall–Kier alpha value is -2.89. The van der Waals surface area contributed by atoms with E-state index in [0.717, 1.165) is 18.4 Å². The van der Waals surface area contributed by atoms with Crippen molar-refractivity contribution in [3.63, 3.8) is 0 Å². The highest BCUT2D eigenvalue weighted by Crippen LogP contribution is 2.61. The first-order valence-corrected chi connectivity index (χ1v) is 11.5. The van der Waals surface area contributed by atoms with Crippen LogP contribution >= 0.6 is 0 Å². The Morgan fingerprint density at radius 1 is 1.29 bits per heavy atom. The number of hydrogen-bond donors (Lipinski definition) is 3. The number of aryl methyl sites for hydroxylation is 1. The van der Waals surface area contributed by atoms with Gasteiger partial charge in [-0.15, -0.1) is 0 Å². The lowest BCUT2D eigenvalue weighted by molar-refractivity contribution is 0.0336. The van der Waals surface area contributed by atoms with Crippen LogP contribution in [0.1, 0.15) is 31.2 Å². The molecule has 1 aromatic carbocycles. The molecule has 0 saturated heterocycles. The molecular formula is C20H23N7O3S. The van der Waals surface area contributed by atoms with E-state index in [4.69, 9.17) is 5.73 Å². The summed E-state index contributed by atoms with van der Waals surface area (Å²) in [5, 5.41) is 13.6. The van der Waals surface area contributed by atoms with Gasteiger partial charge >= 0.3 is 0 Å². The molecule has 31 heavy (non-hydrogen) atoms. The van der Waals surface area contributed by atoms with E-state index in [2.05, 4.69) is 24.8 Å². The second-order valence-corrected chi connectivity index (χ2v) is 10.4. The summed E-state index contributed by atoms with van der Waals surface area (Å²) in [5.41, 5.74) is 7.35. The van der Waals surface area contributed by atoms with E-state index < -0.39 is 15.6 Å². The summed E-state index contributed by atoms with van der Waals surface area (Å²) in [6.07, 6.45) is 7.30. The van der Waals surface area contributed by atoms with Crippen LogP contribution in [0.15, 0.2) is 41.9 Å². The van der Waals surface area contributed by atoms with Crippen LogP contribution in [0.2, 0.25) is 0 Å². The van der Waals surface area contributed by atoms with Gasteiger partial charge in [0.05, 0.1) is 16.8 Å². The maximum absolute atomic E-state index is 13.2. The van der Waals surface area contributed by atoms with Crippen LogP contribution in [0.3, 0.4) is 0 Å². The molecule has 3 aliphatic rings. The third kappa shape index (κ3) is 3.29. The summed E-state index contributed by atoms with van der Waals surface area (Å²) in [6.45, 7) is 1.98. The summed E-state index contributed by atoms with van der Waals surface area (Å²) in [5.74, 6) is 0.510. The largest absolute Gasteiger partial charge is 0.396 e. The number of fused-ring (bicyclic) bond motifs is 1. The Morgan fingerprint density at radius 3 is 2.77 bits per heavy atom. The predicted octanol–water partition coefficient (Wildman–Crippen LogP) is 1.20. The molecule has 3 saturated carbocycles. The SMILES string of the molecule is Cc1ccc(S(=O)(=O)NC23CCC(CO)(C2)C3)cc1-c1cnc(N)c(-n2cncn2)n1. The summed E-state index contributed by atoms with van der Waals surface area (Å²) in [7, 11) is -3.74. The van der Waals surface area contributed by atoms with Crippen molar-refractivity contribution in [1.82, 2.24) is 29.5 Å². The van der Waals surface area contributed by atoms with E-state index in [0.29, 0.717) is 29.9 Å². The molecule has 10 nitrogen and oxygen atoms in total. The van der Waals surface area contributed by atoms with Gasteiger partial charge in [0.1, 0.15) is 12.7 Å². The number of anilines is 1. The van der Waals surface area contributed by atoms with E-state index in [1.807, 2.05) is 6.92 Å². The van der Waals surface area contributed by atoms with Crippen molar-refractivity contribution in [2.45, 2.75) is 43.0 Å². The smallest absolute Gasteiger partial charge is 0.241 e. The van der Waals surface area contributed by atoms with Gasteiger partial charge < -0.3 is 10.8 Å². The van der Waals surface area contributed by atoms with E-state index in [1.54, 1.807) is 18.2 Å². The van der Waals surface area contributed by atoms with Crippen molar-refractivity contribution < 1.29 is 13.5 Å². The standard InChI is InChI=1S/C20H23N7O3S/c1-13-2-3-14(31(29,30)26-20-5-4-19(8-20,9-20)10-28)6-15(13)16-7-23-17(21)18(25-16)27-12-22-11-24-27/h2-3,6-7,11-12,26,28H,4-5,8-10H2,1H3,(H2,21,23). The van der Waals surface area contributed by atoms with Gasteiger partial charge in [0, 0.05) is 17.7 Å². The average Bonchev–Trinajstić information content (AvgIpc) is 3.44. The van der Waals surface area contributed by atoms with E-state index in [9.17, 15) is 13.5 Å². The van der Waals surface area contributed by atoms with Gasteiger partial charge in [-0.25, -0.2) is 28.1 Å². The first kappa shape index (κ1) is 20.0. The number of nitrogen functional groups attached to an aromatic ring is 1. The highest BCUT2D eigenvalue weighted by molar-refractivity contribution is 7.89. The maximum Gasteiger partial charge on any atom is 0.241 e. The van der Waals surface area contributed by atoms with Crippen molar-refractivity contribution in [3.05, 3.63) is 42.6 Å².